The van der Waals surface area contributed by atoms with Crippen LogP contribution in [0.2, 0.25) is 0 Å². The zero-order valence-electron chi connectivity index (χ0n) is 18.4. The van der Waals surface area contributed by atoms with Gasteiger partial charge in [-0.15, -0.1) is 0 Å². The van der Waals surface area contributed by atoms with Crippen molar-refractivity contribution >= 4 is 33.7 Å². The number of carbonyl (C=O) groups excluding carboxylic acids is 3. The molecule has 0 aromatic heterocycles. The van der Waals surface area contributed by atoms with Crippen molar-refractivity contribution in [1.82, 2.24) is 10.2 Å². The summed E-state index contributed by atoms with van der Waals surface area (Å²) in [4.78, 5) is 39.3. The molecule has 9 heteroatoms. The molecule has 2 aliphatic heterocycles. The maximum absolute atomic E-state index is 13.2. The number of rotatable bonds is 10. The first-order valence-corrected chi connectivity index (χ1v) is 12.1. The Bertz CT molecular complexity index is 812. The summed E-state index contributed by atoms with van der Waals surface area (Å²) in [6.45, 7) is 4.29. The number of ether oxygens (including phenoxy) is 3. The van der Waals surface area contributed by atoms with Gasteiger partial charge in [0.25, 0.3) is 5.91 Å². The molecule has 1 aromatic carbocycles. The van der Waals surface area contributed by atoms with Gasteiger partial charge in [-0.3, -0.25) is 14.4 Å². The Kier molecular flexibility index (Phi) is 9.35. The third-order valence-electron chi connectivity index (χ3n) is 5.59. The Balaban J connectivity index is 1.62. The van der Waals surface area contributed by atoms with Gasteiger partial charge in [-0.2, -0.15) is 0 Å². The molecule has 1 aromatic rings. The van der Waals surface area contributed by atoms with Crippen molar-refractivity contribution in [2.24, 2.45) is 0 Å². The number of nitrogens with one attached hydrogen (secondary N) is 1. The second-order valence-electron chi connectivity index (χ2n) is 8.03. The zero-order valence-corrected chi connectivity index (χ0v) is 20.0. The first-order valence-electron chi connectivity index (χ1n) is 11.3. The maximum atomic E-state index is 13.2. The second kappa shape index (κ2) is 12.2. The SMILES string of the molecule is CCCCCOC(=O)CC1C(=O)NCCN1C(=O)c1ccc(OCC2CCCO2)c(Br)c1. The van der Waals surface area contributed by atoms with Gasteiger partial charge < -0.3 is 24.4 Å². The van der Waals surface area contributed by atoms with Gasteiger partial charge in [0.1, 0.15) is 18.4 Å². The lowest BCUT2D eigenvalue weighted by Gasteiger charge is -2.34. The summed E-state index contributed by atoms with van der Waals surface area (Å²) >= 11 is 3.47. The zero-order chi connectivity index (χ0) is 22.9. The standard InChI is InChI=1S/C23H31BrN2O6/c1-2-3-4-11-31-21(27)14-19-22(28)25-9-10-26(19)23(29)16-7-8-20(18(24)13-16)32-15-17-6-5-12-30-17/h7-8,13,17,19H,2-6,9-12,14-15H2,1H3,(H,25,28). The summed E-state index contributed by atoms with van der Waals surface area (Å²) in [6, 6.07) is 4.20. The van der Waals surface area contributed by atoms with E-state index in [0.29, 0.717) is 42.1 Å². The van der Waals surface area contributed by atoms with Gasteiger partial charge in [-0.1, -0.05) is 19.8 Å². The average molecular weight is 511 g/mol. The van der Waals surface area contributed by atoms with Gasteiger partial charge in [0, 0.05) is 25.3 Å². The van der Waals surface area contributed by atoms with Crippen LogP contribution >= 0.6 is 15.9 Å². The Morgan fingerprint density at radius 3 is 2.88 bits per heavy atom. The van der Waals surface area contributed by atoms with Gasteiger partial charge in [0.2, 0.25) is 5.91 Å². The van der Waals surface area contributed by atoms with Crippen LogP contribution in [-0.4, -0.2) is 67.7 Å². The van der Waals surface area contributed by atoms with Crippen LogP contribution in [0, 0.1) is 0 Å². The number of piperazine rings is 1. The number of benzene rings is 1. The van der Waals surface area contributed by atoms with Crippen molar-refractivity contribution < 1.29 is 28.6 Å². The molecule has 0 aliphatic carbocycles. The highest BCUT2D eigenvalue weighted by atomic mass is 79.9. The molecule has 2 aliphatic rings. The van der Waals surface area contributed by atoms with Crippen molar-refractivity contribution in [3.63, 3.8) is 0 Å². The number of amides is 2. The van der Waals surface area contributed by atoms with Crippen LogP contribution in [0.3, 0.4) is 0 Å². The van der Waals surface area contributed by atoms with Gasteiger partial charge in [-0.25, -0.2) is 0 Å². The van der Waals surface area contributed by atoms with E-state index in [1.165, 1.54) is 4.90 Å². The lowest BCUT2D eigenvalue weighted by Crippen LogP contribution is -2.57. The number of hydrogen-bond acceptors (Lipinski definition) is 6. The lowest BCUT2D eigenvalue weighted by atomic mass is 10.1. The van der Waals surface area contributed by atoms with Crippen LogP contribution in [0.5, 0.6) is 5.75 Å². The normalized spacial score (nSPS) is 20.7. The second-order valence-corrected chi connectivity index (χ2v) is 8.88. The van der Waals surface area contributed by atoms with E-state index in [1.54, 1.807) is 18.2 Å². The molecule has 2 fully saturated rings. The molecule has 3 rings (SSSR count). The van der Waals surface area contributed by atoms with Crippen molar-refractivity contribution in [3.05, 3.63) is 28.2 Å². The highest BCUT2D eigenvalue weighted by Gasteiger charge is 2.35. The first-order chi connectivity index (χ1) is 15.5. The molecule has 2 unspecified atom stereocenters. The predicted molar refractivity (Wildman–Crippen MR) is 122 cm³/mol. The molecule has 32 heavy (non-hydrogen) atoms. The van der Waals surface area contributed by atoms with E-state index in [2.05, 4.69) is 28.2 Å². The topological polar surface area (TPSA) is 94.2 Å². The van der Waals surface area contributed by atoms with Gasteiger partial charge >= 0.3 is 5.97 Å². The molecule has 0 bridgehead atoms. The molecular formula is C23H31BrN2O6. The molecule has 0 radical (unpaired) electrons. The fourth-order valence-corrected chi connectivity index (χ4v) is 4.28. The molecule has 8 nitrogen and oxygen atoms in total. The summed E-state index contributed by atoms with van der Waals surface area (Å²) in [5.74, 6) is -0.499. The largest absolute Gasteiger partial charge is 0.490 e. The summed E-state index contributed by atoms with van der Waals surface area (Å²) in [7, 11) is 0. The molecular weight excluding hydrogens is 480 g/mol. The quantitative estimate of drug-likeness (QED) is 0.384. The smallest absolute Gasteiger partial charge is 0.308 e. The van der Waals surface area contributed by atoms with E-state index in [4.69, 9.17) is 14.2 Å². The number of esters is 1. The van der Waals surface area contributed by atoms with Crippen molar-refractivity contribution in [1.29, 1.82) is 0 Å². The molecule has 0 saturated carbocycles. The highest BCUT2D eigenvalue weighted by Crippen LogP contribution is 2.28. The highest BCUT2D eigenvalue weighted by molar-refractivity contribution is 9.10. The van der Waals surface area contributed by atoms with Crippen LogP contribution in [0.1, 0.15) is 55.8 Å². The van der Waals surface area contributed by atoms with Crippen LogP contribution in [0.25, 0.3) is 0 Å². The van der Waals surface area contributed by atoms with Crippen LogP contribution < -0.4 is 10.1 Å². The van der Waals surface area contributed by atoms with Crippen molar-refractivity contribution in [2.75, 3.05) is 32.9 Å². The minimum absolute atomic E-state index is 0.0950. The Labute approximate surface area is 197 Å². The van der Waals surface area contributed by atoms with E-state index in [0.717, 1.165) is 38.7 Å². The van der Waals surface area contributed by atoms with Gasteiger partial charge in [-0.05, 0) is 53.4 Å². The van der Waals surface area contributed by atoms with Crippen LogP contribution in [-0.2, 0) is 19.1 Å². The van der Waals surface area contributed by atoms with E-state index < -0.39 is 12.0 Å². The summed E-state index contributed by atoms with van der Waals surface area (Å²) in [6.07, 6.45) is 4.75. The fourth-order valence-electron chi connectivity index (χ4n) is 3.79. The minimum atomic E-state index is -0.885. The number of hydrogen-bond donors (Lipinski definition) is 1. The number of nitrogens with zero attached hydrogens (tertiary/aromatic N) is 1. The molecule has 2 saturated heterocycles. The van der Waals surface area contributed by atoms with Crippen molar-refractivity contribution in [3.8, 4) is 5.75 Å². The van der Waals surface area contributed by atoms with E-state index in [1.807, 2.05) is 0 Å². The fraction of sp³-hybridized carbons (Fsp3) is 0.609. The third-order valence-corrected chi connectivity index (χ3v) is 6.21. The Morgan fingerprint density at radius 1 is 1.31 bits per heavy atom. The monoisotopic (exact) mass is 510 g/mol. The van der Waals surface area contributed by atoms with E-state index in [9.17, 15) is 14.4 Å². The first kappa shape index (κ1) is 24.5. The summed E-state index contributed by atoms with van der Waals surface area (Å²) in [5.41, 5.74) is 0.414. The minimum Gasteiger partial charge on any atom is -0.490 e. The number of carbonyl (C=O) groups is 3. The molecule has 0 spiro atoms. The van der Waals surface area contributed by atoms with Crippen LogP contribution in [0.15, 0.2) is 22.7 Å². The Morgan fingerprint density at radius 2 is 2.16 bits per heavy atom. The van der Waals surface area contributed by atoms with Crippen molar-refractivity contribution in [2.45, 2.75) is 57.6 Å². The lowest BCUT2D eigenvalue weighted by molar-refractivity contribution is -0.147. The molecule has 1 N–H and O–H groups in total. The summed E-state index contributed by atoms with van der Waals surface area (Å²) in [5, 5.41) is 2.73. The number of halogens is 1. The molecule has 176 valence electrons. The molecule has 2 atom stereocenters. The molecule has 2 amide bonds. The number of unbranched alkanes of at least 4 members (excludes halogenated alkanes) is 2. The van der Waals surface area contributed by atoms with E-state index in [-0.39, 0.29) is 24.3 Å². The Hall–Kier alpha value is -2.13. The van der Waals surface area contributed by atoms with E-state index >= 15 is 0 Å². The third kappa shape index (κ3) is 6.68. The average Bonchev–Trinajstić information content (AvgIpc) is 3.30. The van der Waals surface area contributed by atoms with Gasteiger partial charge in [0.15, 0.2) is 0 Å². The predicted octanol–water partition coefficient (Wildman–Crippen LogP) is 3.07. The maximum Gasteiger partial charge on any atom is 0.308 e. The van der Waals surface area contributed by atoms with Gasteiger partial charge in [0.05, 0.1) is 23.6 Å². The molecule has 2 heterocycles. The summed E-state index contributed by atoms with van der Waals surface area (Å²) < 4.78 is 17.3. The van der Waals surface area contributed by atoms with Crippen LogP contribution in [0.4, 0.5) is 0 Å².